The van der Waals surface area contributed by atoms with Crippen molar-refractivity contribution in [3.63, 3.8) is 0 Å². The second-order valence-electron chi connectivity index (χ2n) is 4.93. The molecule has 0 radical (unpaired) electrons. The van der Waals surface area contributed by atoms with Crippen LogP contribution in [-0.4, -0.2) is 0 Å². The lowest BCUT2D eigenvalue weighted by atomic mass is 9.94. The minimum Gasteiger partial charge on any atom is -0.271 e. The molecule has 102 valence electrons. The van der Waals surface area contributed by atoms with Gasteiger partial charge in [0.1, 0.15) is 0 Å². The zero-order valence-electron chi connectivity index (χ0n) is 11.5. The van der Waals surface area contributed by atoms with Gasteiger partial charge in [-0.25, -0.2) is 0 Å². The Morgan fingerprint density at radius 1 is 1.26 bits per heavy atom. The molecule has 0 bridgehead atoms. The quantitative estimate of drug-likeness (QED) is 0.648. The molecule has 0 aliphatic heterocycles. The fourth-order valence-corrected chi connectivity index (χ4v) is 4.23. The van der Waals surface area contributed by atoms with Gasteiger partial charge in [-0.2, -0.15) is 0 Å². The van der Waals surface area contributed by atoms with E-state index in [0.717, 1.165) is 10.9 Å². The summed E-state index contributed by atoms with van der Waals surface area (Å²) in [5.74, 6) is 5.75. The molecule has 2 rings (SSSR count). The lowest BCUT2D eigenvalue weighted by molar-refractivity contribution is 0.556. The van der Waals surface area contributed by atoms with Crippen molar-refractivity contribution >= 4 is 27.3 Å². The SMILES string of the molecule is Cc1cc(C)c(CC(NN)c2sccc2Br)c(C)c1. The van der Waals surface area contributed by atoms with Gasteiger partial charge >= 0.3 is 0 Å². The molecule has 1 heterocycles. The summed E-state index contributed by atoms with van der Waals surface area (Å²) in [5, 5.41) is 2.08. The monoisotopic (exact) mass is 338 g/mol. The molecule has 19 heavy (non-hydrogen) atoms. The van der Waals surface area contributed by atoms with E-state index >= 15 is 0 Å². The topological polar surface area (TPSA) is 38.0 Å². The average Bonchev–Trinajstić information content (AvgIpc) is 2.75. The molecule has 2 aromatic rings. The Hall–Kier alpha value is -0.680. The molecule has 4 heteroatoms. The van der Waals surface area contributed by atoms with Crippen LogP contribution < -0.4 is 11.3 Å². The van der Waals surface area contributed by atoms with Crippen molar-refractivity contribution in [1.29, 1.82) is 0 Å². The van der Waals surface area contributed by atoms with E-state index in [2.05, 4.69) is 65.7 Å². The van der Waals surface area contributed by atoms with Crippen molar-refractivity contribution < 1.29 is 0 Å². The Bertz CT molecular complexity index is 554. The highest BCUT2D eigenvalue weighted by Gasteiger charge is 2.17. The van der Waals surface area contributed by atoms with Crippen LogP contribution in [0.4, 0.5) is 0 Å². The molecule has 2 nitrogen and oxygen atoms in total. The molecule has 1 aromatic carbocycles. The van der Waals surface area contributed by atoms with Crippen molar-refractivity contribution in [1.82, 2.24) is 5.43 Å². The minimum absolute atomic E-state index is 0.148. The van der Waals surface area contributed by atoms with Gasteiger partial charge in [0.2, 0.25) is 0 Å². The van der Waals surface area contributed by atoms with Crippen LogP contribution in [0.3, 0.4) is 0 Å². The Labute approximate surface area is 127 Å². The normalized spacial score (nSPS) is 12.7. The summed E-state index contributed by atoms with van der Waals surface area (Å²) in [6, 6.07) is 6.69. The maximum absolute atomic E-state index is 5.75. The van der Waals surface area contributed by atoms with E-state index in [9.17, 15) is 0 Å². The van der Waals surface area contributed by atoms with Crippen LogP contribution in [0.25, 0.3) is 0 Å². The van der Waals surface area contributed by atoms with Crippen molar-refractivity contribution in [2.24, 2.45) is 5.84 Å². The number of benzene rings is 1. The predicted molar refractivity (Wildman–Crippen MR) is 86.4 cm³/mol. The molecular weight excluding hydrogens is 320 g/mol. The van der Waals surface area contributed by atoms with E-state index in [1.807, 2.05) is 0 Å². The van der Waals surface area contributed by atoms with Crippen LogP contribution in [0.5, 0.6) is 0 Å². The number of nitrogens with two attached hydrogens (primary N) is 1. The van der Waals surface area contributed by atoms with Gasteiger partial charge in [0, 0.05) is 9.35 Å². The third kappa shape index (κ3) is 3.26. The molecular formula is C15H19BrN2S. The maximum Gasteiger partial charge on any atom is 0.0605 e. The zero-order valence-corrected chi connectivity index (χ0v) is 13.9. The first-order valence-electron chi connectivity index (χ1n) is 6.28. The number of hydrazine groups is 1. The van der Waals surface area contributed by atoms with E-state index in [1.54, 1.807) is 11.3 Å². The summed E-state index contributed by atoms with van der Waals surface area (Å²) in [6.45, 7) is 6.48. The summed E-state index contributed by atoms with van der Waals surface area (Å²) in [5.41, 5.74) is 8.32. The van der Waals surface area contributed by atoms with Crippen molar-refractivity contribution in [3.8, 4) is 0 Å². The van der Waals surface area contributed by atoms with Crippen molar-refractivity contribution in [2.75, 3.05) is 0 Å². The molecule has 0 saturated carbocycles. The highest BCUT2D eigenvalue weighted by molar-refractivity contribution is 9.10. The molecule has 1 aromatic heterocycles. The number of hydrogen-bond donors (Lipinski definition) is 2. The molecule has 1 unspecified atom stereocenters. The van der Waals surface area contributed by atoms with E-state index in [4.69, 9.17) is 5.84 Å². The van der Waals surface area contributed by atoms with E-state index in [-0.39, 0.29) is 6.04 Å². The Kier molecular flexibility index (Phi) is 4.79. The standard InChI is InChI=1S/C15H19BrN2S/c1-9-6-10(2)12(11(3)7-9)8-14(18-17)15-13(16)4-5-19-15/h4-7,14,18H,8,17H2,1-3H3. The number of nitrogens with one attached hydrogen (secondary N) is 1. The summed E-state index contributed by atoms with van der Waals surface area (Å²) in [6.07, 6.45) is 0.910. The smallest absolute Gasteiger partial charge is 0.0605 e. The lowest BCUT2D eigenvalue weighted by Gasteiger charge is -2.19. The van der Waals surface area contributed by atoms with Gasteiger partial charge < -0.3 is 0 Å². The summed E-state index contributed by atoms with van der Waals surface area (Å²) >= 11 is 5.31. The largest absolute Gasteiger partial charge is 0.271 e. The second-order valence-corrected chi connectivity index (χ2v) is 6.74. The molecule has 0 amide bonds. The minimum atomic E-state index is 0.148. The van der Waals surface area contributed by atoms with Crippen LogP contribution in [0.15, 0.2) is 28.1 Å². The van der Waals surface area contributed by atoms with Crippen LogP contribution in [0.1, 0.15) is 33.2 Å². The summed E-state index contributed by atoms with van der Waals surface area (Å²) in [4.78, 5) is 1.25. The third-order valence-electron chi connectivity index (χ3n) is 3.41. The van der Waals surface area contributed by atoms with Crippen molar-refractivity contribution in [2.45, 2.75) is 33.2 Å². The third-order valence-corrected chi connectivity index (χ3v) is 5.40. The van der Waals surface area contributed by atoms with Gasteiger partial charge in [0.05, 0.1) is 6.04 Å². The number of rotatable bonds is 4. The Balaban J connectivity index is 2.32. The van der Waals surface area contributed by atoms with Gasteiger partial charge in [0.25, 0.3) is 0 Å². The van der Waals surface area contributed by atoms with Gasteiger partial charge in [-0.3, -0.25) is 11.3 Å². The molecule has 0 aliphatic carbocycles. The first-order valence-corrected chi connectivity index (χ1v) is 7.96. The summed E-state index contributed by atoms with van der Waals surface area (Å²) in [7, 11) is 0. The first-order chi connectivity index (χ1) is 9.02. The van der Waals surface area contributed by atoms with Crippen LogP contribution >= 0.6 is 27.3 Å². The van der Waals surface area contributed by atoms with Crippen molar-refractivity contribution in [3.05, 3.63) is 55.2 Å². The van der Waals surface area contributed by atoms with Gasteiger partial charge in [-0.15, -0.1) is 11.3 Å². The molecule has 0 spiro atoms. The molecule has 1 atom stereocenters. The number of thiophene rings is 1. The first kappa shape index (κ1) is 14.7. The number of hydrogen-bond acceptors (Lipinski definition) is 3. The van der Waals surface area contributed by atoms with E-state index in [0.29, 0.717) is 0 Å². The van der Waals surface area contributed by atoms with Gasteiger partial charge in [-0.05, 0) is 71.3 Å². The second kappa shape index (κ2) is 6.18. The molecule has 0 saturated heterocycles. The fourth-order valence-electron chi connectivity index (χ4n) is 2.52. The Morgan fingerprint density at radius 3 is 2.37 bits per heavy atom. The predicted octanol–water partition coefficient (Wildman–Crippen LogP) is 4.18. The number of halogens is 1. The van der Waals surface area contributed by atoms with Gasteiger partial charge in [-0.1, -0.05) is 17.7 Å². The zero-order chi connectivity index (χ0) is 14.0. The summed E-state index contributed by atoms with van der Waals surface area (Å²) < 4.78 is 1.13. The fraction of sp³-hybridized carbons (Fsp3) is 0.333. The van der Waals surface area contributed by atoms with Crippen LogP contribution in [-0.2, 0) is 6.42 Å². The molecule has 0 fully saturated rings. The van der Waals surface area contributed by atoms with E-state index < -0.39 is 0 Å². The molecule has 0 aliphatic rings. The molecule has 3 N–H and O–H groups in total. The van der Waals surface area contributed by atoms with Gasteiger partial charge in [0.15, 0.2) is 0 Å². The number of aryl methyl sites for hydroxylation is 3. The highest BCUT2D eigenvalue weighted by atomic mass is 79.9. The lowest BCUT2D eigenvalue weighted by Crippen LogP contribution is -2.29. The van der Waals surface area contributed by atoms with Crippen LogP contribution in [0.2, 0.25) is 0 Å². The van der Waals surface area contributed by atoms with Crippen LogP contribution in [0, 0.1) is 20.8 Å². The highest BCUT2D eigenvalue weighted by Crippen LogP contribution is 2.32. The average molecular weight is 339 g/mol. The Morgan fingerprint density at radius 2 is 1.89 bits per heavy atom. The maximum atomic E-state index is 5.75. The van der Waals surface area contributed by atoms with E-state index in [1.165, 1.54) is 27.1 Å².